The van der Waals surface area contributed by atoms with E-state index in [2.05, 4.69) is 10.3 Å². The summed E-state index contributed by atoms with van der Waals surface area (Å²) in [4.78, 5) is 28.5. The van der Waals surface area contributed by atoms with E-state index in [-0.39, 0.29) is 11.4 Å². The molecule has 7 nitrogen and oxygen atoms in total. The van der Waals surface area contributed by atoms with Crippen molar-refractivity contribution in [1.29, 1.82) is 0 Å². The maximum Gasteiger partial charge on any atom is 0.356 e. The summed E-state index contributed by atoms with van der Waals surface area (Å²) in [7, 11) is 0. The van der Waals surface area contributed by atoms with Crippen LogP contribution in [-0.4, -0.2) is 33.5 Å². The number of carbonyl (C=O) groups is 2. The summed E-state index contributed by atoms with van der Waals surface area (Å²) in [6, 6.07) is 6.15. The molecule has 0 spiro atoms. The maximum atomic E-state index is 12.2. The first-order chi connectivity index (χ1) is 10.1. The minimum Gasteiger partial charge on any atom is -0.476 e. The van der Waals surface area contributed by atoms with Gasteiger partial charge in [0.1, 0.15) is 5.76 Å². The van der Waals surface area contributed by atoms with Gasteiger partial charge in [0.2, 0.25) is 0 Å². The Bertz CT molecular complexity index is 625. The molecule has 2 aromatic rings. The summed E-state index contributed by atoms with van der Waals surface area (Å²) >= 11 is 0. The van der Waals surface area contributed by atoms with Crippen molar-refractivity contribution in [2.24, 2.45) is 0 Å². The van der Waals surface area contributed by atoms with E-state index in [0.29, 0.717) is 18.8 Å². The number of carbonyl (C=O) groups excluding carboxylic acids is 1. The number of amides is 2. The maximum absolute atomic E-state index is 12.2. The van der Waals surface area contributed by atoms with Gasteiger partial charge in [-0.25, -0.2) is 14.6 Å². The van der Waals surface area contributed by atoms with Crippen LogP contribution in [0.3, 0.4) is 0 Å². The number of aromatic nitrogens is 1. The van der Waals surface area contributed by atoms with E-state index in [1.807, 2.05) is 6.92 Å². The highest BCUT2D eigenvalue weighted by molar-refractivity contribution is 5.98. The molecule has 7 heteroatoms. The van der Waals surface area contributed by atoms with Crippen LogP contribution in [0.4, 0.5) is 10.5 Å². The van der Waals surface area contributed by atoms with Crippen molar-refractivity contribution in [2.75, 3.05) is 11.9 Å². The summed E-state index contributed by atoms with van der Waals surface area (Å²) in [5.74, 6) is -0.545. The van der Waals surface area contributed by atoms with Gasteiger partial charge in [0.15, 0.2) is 5.69 Å². The Morgan fingerprint density at radius 2 is 2.19 bits per heavy atom. The molecule has 0 saturated heterocycles. The van der Waals surface area contributed by atoms with Crippen molar-refractivity contribution in [3.05, 3.63) is 48.2 Å². The lowest BCUT2D eigenvalue weighted by Gasteiger charge is -2.20. The molecule has 110 valence electrons. The van der Waals surface area contributed by atoms with E-state index in [1.165, 1.54) is 23.4 Å². The molecule has 0 radical (unpaired) electrons. The smallest absolute Gasteiger partial charge is 0.356 e. The second-order valence-corrected chi connectivity index (χ2v) is 4.23. The number of pyridine rings is 1. The predicted molar refractivity (Wildman–Crippen MR) is 75.0 cm³/mol. The number of anilines is 1. The molecule has 0 aliphatic heterocycles. The van der Waals surface area contributed by atoms with Crippen LogP contribution in [-0.2, 0) is 6.54 Å². The molecule has 2 amide bonds. The topological polar surface area (TPSA) is 95.7 Å². The second-order valence-electron chi connectivity index (χ2n) is 4.23. The van der Waals surface area contributed by atoms with Crippen LogP contribution in [0.25, 0.3) is 0 Å². The number of carboxylic acids is 1. The largest absolute Gasteiger partial charge is 0.476 e. The monoisotopic (exact) mass is 289 g/mol. The van der Waals surface area contributed by atoms with Crippen molar-refractivity contribution in [3.63, 3.8) is 0 Å². The van der Waals surface area contributed by atoms with E-state index in [1.54, 1.807) is 18.2 Å². The minimum atomic E-state index is -1.19. The fraction of sp³-hybridized carbons (Fsp3) is 0.214. The third kappa shape index (κ3) is 3.59. The van der Waals surface area contributed by atoms with Crippen LogP contribution in [0.2, 0.25) is 0 Å². The first kappa shape index (κ1) is 14.6. The zero-order chi connectivity index (χ0) is 15.2. The highest BCUT2D eigenvalue weighted by Crippen LogP contribution is 2.14. The number of nitrogens with zero attached hydrogens (tertiary/aromatic N) is 2. The molecule has 0 aliphatic carbocycles. The van der Waals surface area contributed by atoms with E-state index in [0.717, 1.165) is 0 Å². The Balaban J connectivity index is 2.11. The summed E-state index contributed by atoms with van der Waals surface area (Å²) in [5, 5.41) is 11.6. The van der Waals surface area contributed by atoms with Gasteiger partial charge in [0.05, 0.1) is 18.5 Å². The van der Waals surface area contributed by atoms with E-state index < -0.39 is 12.0 Å². The zero-order valence-electron chi connectivity index (χ0n) is 11.4. The molecule has 2 aromatic heterocycles. The highest BCUT2D eigenvalue weighted by Gasteiger charge is 2.17. The van der Waals surface area contributed by atoms with Crippen LogP contribution < -0.4 is 5.32 Å². The fourth-order valence-corrected chi connectivity index (χ4v) is 1.79. The second kappa shape index (κ2) is 6.56. The molecule has 0 saturated carbocycles. The third-order valence-electron chi connectivity index (χ3n) is 2.85. The van der Waals surface area contributed by atoms with Crippen molar-refractivity contribution in [1.82, 2.24) is 9.88 Å². The summed E-state index contributed by atoms with van der Waals surface area (Å²) in [5.41, 5.74) is -0.0344. The Morgan fingerprint density at radius 1 is 1.38 bits per heavy atom. The van der Waals surface area contributed by atoms with Gasteiger partial charge in [-0.15, -0.1) is 0 Å². The predicted octanol–water partition coefficient (Wildman–Crippen LogP) is 2.43. The van der Waals surface area contributed by atoms with Crippen LogP contribution in [0.1, 0.15) is 23.2 Å². The van der Waals surface area contributed by atoms with E-state index in [9.17, 15) is 9.59 Å². The number of furan rings is 1. The number of urea groups is 1. The molecular formula is C14H15N3O4. The Labute approximate surface area is 121 Å². The lowest BCUT2D eigenvalue weighted by atomic mass is 10.3. The number of hydrogen-bond donors (Lipinski definition) is 2. The van der Waals surface area contributed by atoms with Crippen molar-refractivity contribution in [2.45, 2.75) is 13.5 Å². The summed E-state index contributed by atoms with van der Waals surface area (Å²) in [6.07, 6.45) is 2.89. The van der Waals surface area contributed by atoms with Gasteiger partial charge in [-0.05, 0) is 31.2 Å². The van der Waals surface area contributed by atoms with Crippen LogP contribution in [0.15, 0.2) is 41.1 Å². The highest BCUT2D eigenvalue weighted by atomic mass is 16.4. The summed E-state index contributed by atoms with van der Waals surface area (Å²) < 4.78 is 5.20. The average Bonchev–Trinajstić information content (AvgIpc) is 2.98. The van der Waals surface area contributed by atoms with Crippen LogP contribution >= 0.6 is 0 Å². The quantitative estimate of drug-likeness (QED) is 0.881. The molecular weight excluding hydrogens is 274 g/mol. The molecule has 0 unspecified atom stereocenters. The van der Waals surface area contributed by atoms with Crippen molar-refractivity contribution >= 4 is 17.7 Å². The molecule has 2 heterocycles. The molecule has 2 N–H and O–H groups in total. The van der Waals surface area contributed by atoms with Gasteiger partial charge in [-0.3, -0.25) is 0 Å². The first-order valence-corrected chi connectivity index (χ1v) is 6.38. The van der Waals surface area contributed by atoms with Crippen LogP contribution in [0, 0.1) is 0 Å². The van der Waals surface area contributed by atoms with Gasteiger partial charge < -0.3 is 19.7 Å². The number of rotatable bonds is 5. The van der Waals surface area contributed by atoms with E-state index in [4.69, 9.17) is 9.52 Å². The molecule has 0 fully saturated rings. The number of hydrogen-bond acceptors (Lipinski definition) is 4. The van der Waals surface area contributed by atoms with Gasteiger partial charge >= 0.3 is 12.0 Å². The average molecular weight is 289 g/mol. The molecule has 0 bridgehead atoms. The Hall–Kier alpha value is -2.83. The Morgan fingerprint density at radius 3 is 2.81 bits per heavy atom. The number of nitrogens with one attached hydrogen (secondary N) is 1. The normalized spacial score (nSPS) is 10.1. The lowest BCUT2D eigenvalue weighted by Crippen LogP contribution is -2.34. The molecule has 21 heavy (non-hydrogen) atoms. The summed E-state index contributed by atoms with van der Waals surface area (Å²) in [6.45, 7) is 2.58. The van der Waals surface area contributed by atoms with Gasteiger partial charge in [0.25, 0.3) is 0 Å². The van der Waals surface area contributed by atoms with Gasteiger partial charge in [-0.1, -0.05) is 0 Å². The molecule has 0 aromatic carbocycles. The van der Waals surface area contributed by atoms with Gasteiger partial charge in [-0.2, -0.15) is 0 Å². The van der Waals surface area contributed by atoms with Crippen molar-refractivity contribution < 1.29 is 19.1 Å². The Kier molecular flexibility index (Phi) is 4.55. The van der Waals surface area contributed by atoms with Gasteiger partial charge in [0, 0.05) is 12.7 Å². The number of carboxylic acid groups (broad SMARTS) is 1. The first-order valence-electron chi connectivity index (χ1n) is 6.38. The fourth-order valence-electron chi connectivity index (χ4n) is 1.79. The molecule has 0 atom stereocenters. The van der Waals surface area contributed by atoms with Crippen molar-refractivity contribution in [3.8, 4) is 0 Å². The third-order valence-corrected chi connectivity index (χ3v) is 2.85. The number of aromatic carboxylic acids is 1. The van der Waals surface area contributed by atoms with E-state index >= 15 is 0 Å². The zero-order valence-corrected chi connectivity index (χ0v) is 11.4. The SMILES string of the molecule is CCN(Cc1ccco1)C(=O)Nc1cccnc1C(=O)O. The molecule has 0 aliphatic rings. The standard InChI is InChI=1S/C14H15N3O4/c1-2-17(9-10-5-4-8-21-10)14(20)16-11-6-3-7-15-12(11)13(18)19/h3-8H,2,9H2,1H3,(H,16,20)(H,18,19). The minimum absolute atomic E-state index is 0.160. The lowest BCUT2D eigenvalue weighted by molar-refractivity contribution is 0.0691. The molecule has 2 rings (SSSR count). The van der Waals surface area contributed by atoms with Crippen LogP contribution in [0.5, 0.6) is 0 Å².